The maximum Gasteiger partial charge on any atom is 0.243 e. The molecule has 0 heterocycles. The summed E-state index contributed by atoms with van der Waals surface area (Å²) in [5.74, 6) is -0.346. The van der Waals surface area contributed by atoms with Gasteiger partial charge in [-0.25, -0.2) is 0 Å². The third-order valence-corrected chi connectivity index (χ3v) is 6.42. The van der Waals surface area contributed by atoms with Gasteiger partial charge in [-0.1, -0.05) is 90.8 Å². The highest BCUT2D eigenvalue weighted by atomic mass is 35.5. The Hall–Kier alpha value is -2.82. The smallest absolute Gasteiger partial charge is 0.243 e. The number of nitrogens with one attached hydrogen (secondary N) is 1. The molecule has 2 atom stereocenters. The molecule has 3 rings (SSSR count). The molecule has 0 saturated carbocycles. The molecule has 2 amide bonds. The first-order valence-electron chi connectivity index (χ1n) is 11.5. The molecule has 4 nitrogen and oxygen atoms in total. The minimum absolute atomic E-state index is 0.00235. The van der Waals surface area contributed by atoms with E-state index in [9.17, 15) is 9.59 Å². The summed E-state index contributed by atoms with van der Waals surface area (Å²) in [6.07, 6.45) is 1.30. The van der Waals surface area contributed by atoms with Crippen LogP contribution < -0.4 is 5.32 Å². The maximum absolute atomic E-state index is 13.7. The fourth-order valence-corrected chi connectivity index (χ4v) is 4.15. The van der Waals surface area contributed by atoms with Gasteiger partial charge in [0.05, 0.1) is 6.42 Å². The lowest BCUT2D eigenvalue weighted by Crippen LogP contribution is -2.52. The molecule has 0 aromatic heterocycles. The molecule has 0 aliphatic heterocycles. The highest BCUT2D eigenvalue weighted by Gasteiger charge is 2.31. The van der Waals surface area contributed by atoms with Gasteiger partial charge in [0.15, 0.2) is 0 Å². The number of rotatable bonds is 10. The Morgan fingerprint density at radius 1 is 0.912 bits per heavy atom. The van der Waals surface area contributed by atoms with Crippen LogP contribution in [0.3, 0.4) is 0 Å². The van der Waals surface area contributed by atoms with E-state index in [0.717, 1.165) is 23.1 Å². The van der Waals surface area contributed by atoms with Crippen LogP contribution in [0.4, 0.5) is 0 Å². The second kappa shape index (κ2) is 12.6. The molecular weight excluding hydrogens is 467 g/mol. The van der Waals surface area contributed by atoms with Gasteiger partial charge in [0.2, 0.25) is 11.8 Å². The van der Waals surface area contributed by atoms with Crippen LogP contribution in [0.15, 0.2) is 78.9 Å². The number of carbonyl (C=O) groups excluding carboxylic acids is 2. The van der Waals surface area contributed by atoms with Gasteiger partial charge in [0, 0.05) is 29.1 Å². The van der Waals surface area contributed by atoms with Crippen LogP contribution in [0.1, 0.15) is 37.0 Å². The molecule has 1 N–H and O–H groups in total. The van der Waals surface area contributed by atoms with Crippen LogP contribution >= 0.6 is 23.2 Å². The summed E-state index contributed by atoms with van der Waals surface area (Å²) in [7, 11) is 0. The van der Waals surface area contributed by atoms with E-state index in [4.69, 9.17) is 23.2 Å². The van der Waals surface area contributed by atoms with Crippen molar-refractivity contribution in [3.63, 3.8) is 0 Å². The van der Waals surface area contributed by atoms with Crippen LogP contribution in [0.2, 0.25) is 10.0 Å². The fraction of sp³-hybridized carbons (Fsp3) is 0.286. The molecule has 0 aliphatic carbocycles. The third kappa shape index (κ3) is 7.34. The van der Waals surface area contributed by atoms with Crippen molar-refractivity contribution in [2.45, 2.75) is 51.7 Å². The molecular formula is C28H30Cl2N2O2. The predicted octanol–water partition coefficient (Wildman–Crippen LogP) is 6.09. The van der Waals surface area contributed by atoms with E-state index < -0.39 is 6.04 Å². The first-order chi connectivity index (χ1) is 16.4. The number of hydrogen-bond acceptors (Lipinski definition) is 2. The predicted molar refractivity (Wildman–Crippen MR) is 139 cm³/mol. The Balaban J connectivity index is 1.98. The first kappa shape index (κ1) is 25.8. The summed E-state index contributed by atoms with van der Waals surface area (Å²) >= 11 is 12.6. The minimum Gasteiger partial charge on any atom is -0.352 e. The standard InChI is InChI=1S/C28H30Cl2N2O2/c1-3-20(2)31-28(34)26(17-21-10-5-4-6-11-21)32(19-22-12-9-14-24(29)16-22)27(33)18-23-13-7-8-15-25(23)30/h4-16,20,26H,3,17-19H2,1-2H3,(H,31,34). The van der Waals surface area contributed by atoms with Gasteiger partial charge >= 0.3 is 0 Å². The topological polar surface area (TPSA) is 49.4 Å². The monoisotopic (exact) mass is 496 g/mol. The molecule has 0 fully saturated rings. The molecule has 3 aromatic rings. The largest absolute Gasteiger partial charge is 0.352 e. The van der Waals surface area contributed by atoms with Crippen LogP contribution in [0.25, 0.3) is 0 Å². The molecule has 178 valence electrons. The number of carbonyl (C=O) groups is 2. The quantitative estimate of drug-likeness (QED) is 0.369. The van der Waals surface area contributed by atoms with Crippen molar-refractivity contribution in [1.82, 2.24) is 10.2 Å². The zero-order valence-electron chi connectivity index (χ0n) is 19.5. The van der Waals surface area contributed by atoms with Crippen molar-refractivity contribution >= 4 is 35.0 Å². The van der Waals surface area contributed by atoms with Gasteiger partial charge in [-0.3, -0.25) is 9.59 Å². The maximum atomic E-state index is 13.7. The molecule has 0 bridgehead atoms. The third-order valence-electron chi connectivity index (χ3n) is 5.81. The molecule has 3 aromatic carbocycles. The normalized spacial score (nSPS) is 12.6. The van der Waals surface area contributed by atoms with Gasteiger partial charge < -0.3 is 10.2 Å². The van der Waals surface area contributed by atoms with Crippen molar-refractivity contribution in [3.8, 4) is 0 Å². The fourth-order valence-electron chi connectivity index (χ4n) is 3.73. The van der Waals surface area contributed by atoms with Gasteiger partial charge in [-0.05, 0) is 48.2 Å². The SMILES string of the molecule is CCC(C)NC(=O)C(Cc1ccccc1)N(Cc1cccc(Cl)c1)C(=O)Cc1ccccc1Cl. The van der Waals surface area contributed by atoms with E-state index in [1.807, 2.05) is 80.6 Å². The lowest BCUT2D eigenvalue weighted by atomic mass is 10.0. The van der Waals surface area contributed by atoms with E-state index in [1.54, 1.807) is 17.0 Å². The number of hydrogen-bond donors (Lipinski definition) is 1. The van der Waals surface area contributed by atoms with Gasteiger partial charge in [-0.15, -0.1) is 0 Å². The summed E-state index contributed by atoms with van der Waals surface area (Å²) in [6.45, 7) is 4.24. The van der Waals surface area contributed by atoms with E-state index in [0.29, 0.717) is 16.5 Å². The van der Waals surface area contributed by atoms with Crippen LogP contribution in [-0.2, 0) is 29.0 Å². The molecule has 34 heavy (non-hydrogen) atoms. The second-order valence-corrected chi connectivity index (χ2v) is 9.29. The highest BCUT2D eigenvalue weighted by molar-refractivity contribution is 6.31. The Morgan fingerprint density at radius 2 is 1.59 bits per heavy atom. The lowest BCUT2D eigenvalue weighted by molar-refractivity contribution is -0.141. The zero-order valence-corrected chi connectivity index (χ0v) is 21.0. The molecule has 0 radical (unpaired) electrons. The van der Waals surface area contributed by atoms with Crippen molar-refractivity contribution in [2.75, 3.05) is 0 Å². The summed E-state index contributed by atoms with van der Waals surface area (Å²) in [5.41, 5.74) is 2.56. The van der Waals surface area contributed by atoms with E-state index in [2.05, 4.69) is 5.32 Å². The number of amides is 2. The van der Waals surface area contributed by atoms with Gasteiger partial charge in [0.25, 0.3) is 0 Å². The zero-order chi connectivity index (χ0) is 24.5. The first-order valence-corrected chi connectivity index (χ1v) is 12.2. The summed E-state index contributed by atoms with van der Waals surface area (Å²) < 4.78 is 0. The summed E-state index contributed by atoms with van der Waals surface area (Å²) in [4.78, 5) is 28.8. The van der Waals surface area contributed by atoms with E-state index in [1.165, 1.54) is 0 Å². The average Bonchev–Trinajstić information content (AvgIpc) is 2.83. The van der Waals surface area contributed by atoms with E-state index >= 15 is 0 Å². The molecule has 0 aliphatic rings. The number of benzene rings is 3. The summed E-state index contributed by atoms with van der Waals surface area (Å²) in [6, 6.07) is 23.7. The van der Waals surface area contributed by atoms with Crippen LogP contribution in [-0.4, -0.2) is 28.8 Å². The van der Waals surface area contributed by atoms with Crippen molar-refractivity contribution in [3.05, 3.63) is 106 Å². The number of halogens is 2. The van der Waals surface area contributed by atoms with E-state index in [-0.39, 0.29) is 30.8 Å². The highest BCUT2D eigenvalue weighted by Crippen LogP contribution is 2.21. The van der Waals surface area contributed by atoms with Gasteiger partial charge in [-0.2, -0.15) is 0 Å². The molecule has 6 heteroatoms. The Morgan fingerprint density at radius 3 is 2.26 bits per heavy atom. The van der Waals surface area contributed by atoms with Crippen molar-refractivity contribution in [1.29, 1.82) is 0 Å². The molecule has 0 spiro atoms. The Bertz CT molecular complexity index is 1100. The van der Waals surface area contributed by atoms with Crippen molar-refractivity contribution < 1.29 is 9.59 Å². The minimum atomic E-state index is -0.689. The Kier molecular flexibility index (Phi) is 9.55. The molecule has 2 unspecified atom stereocenters. The average molecular weight is 497 g/mol. The van der Waals surface area contributed by atoms with Gasteiger partial charge in [0.1, 0.15) is 6.04 Å². The van der Waals surface area contributed by atoms with Crippen molar-refractivity contribution in [2.24, 2.45) is 0 Å². The lowest BCUT2D eigenvalue weighted by Gasteiger charge is -2.32. The molecule has 0 saturated heterocycles. The second-order valence-electron chi connectivity index (χ2n) is 8.44. The Labute approximate surface area is 211 Å². The summed E-state index contributed by atoms with van der Waals surface area (Å²) in [5, 5.41) is 4.19. The number of nitrogens with zero attached hydrogens (tertiary/aromatic N) is 1. The van der Waals surface area contributed by atoms with Crippen LogP contribution in [0.5, 0.6) is 0 Å². The van der Waals surface area contributed by atoms with Crippen LogP contribution in [0, 0.1) is 0 Å².